The van der Waals surface area contributed by atoms with E-state index < -0.39 is 11.6 Å². The van der Waals surface area contributed by atoms with E-state index in [9.17, 15) is 9.59 Å². The van der Waals surface area contributed by atoms with Crippen LogP contribution in [0.5, 0.6) is 5.75 Å². The molecule has 2 aromatic carbocycles. The maximum absolute atomic E-state index is 12.6. The van der Waals surface area contributed by atoms with Gasteiger partial charge in [0.1, 0.15) is 18.0 Å². The number of anilines is 1. The molecule has 0 aliphatic carbocycles. The summed E-state index contributed by atoms with van der Waals surface area (Å²) in [6.07, 6.45) is 5.46. The molecule has 0 aliphatic heterocycles. The van der Waals surface area contributed by atoms with Crippen LogP contribution in [-0.4, -0.2) is 24.5 Å². The molecule has 0 heterocycles. The van der Waals surface area contributed by atoms with Gasteiger partial charge in [-0.1, -0.05) is 12.0 Å². The van der Waals surface area contributed by atoms with E-state index in [0.29, 0.717) is 22.4 Å². The predicted molar refractivity (Wildman–Crippen MR) is 109 cm³/mol. The number of esters is 1. The molecule has 0 fully saturated rings. The molecule has 0 bridgehead atoms. The highest BCUT2D eigenvalue weighted by molar-refractivity contribution is 5.92. The third-order valence-corrected chi connectivity index (χ3v) is 3.99. The Morgan fingerprint density at radius 2 is 1.75 bits per heavy atom. The molecule has 0 radical (unpaired) electrons. The van der Waals surface area contributed by atoms with E-state index in [4.69, 9.17) is 15.9 Å². The van der Waals surface area contributed by atoms with Gasteiger partial charge in [0.2, 0.25) is 5.91 Å². The van der Waals surface area contributed by atoms with Gasteiger partial charge in [-0.15, -0.1) is 6.42 Å². The highest BCUT2D eigenvalue weighted by Crippen LogP contribution is 2.22. The largest absolute Gasteiger partial charge is 0.489 e. The fourth-order valence-corrected chi connectivity index (χ4v) is 2.42. The maximum atomic E-state index is 12.6. The van der Waals surface area contributed by atoms with Crippen molar-refractivity contribution < 1.29 is 19.1 Å². The lowest BCUT2D eigenvalue weighted by molar-refractivity contribution is -0.116. The van der Waals surface area contributed by atoms with Crippen LogP contribution in [0, 0.1) is 12.3 Å². The molecule has 2 rings (SSSR count). The minimum absolute atomic E-state index is 0.0516. The summed E-state index contributed by atoms with van der Waals surface area (Å²) in [6.45, 7) is 7.12. The molecule has 0 saturated heterocycles. The molecule has 1 amide bonds. The number of terminal acetylenes is 1. The van der Waals surface area contributed by atoms with Gasteiger partial charge in [-0.25, -0.2) is 4.79 Å². The van der Waals surface area contributed by atoms with Crippen LogP contribution in [0.3, 0.4) is 0 Å². The highest BCUT2D eigenvalue weighted by atomic mass is 16.6. The molecule has 0 unspecified atom stereocenters. The van der Waals surface area contributed by atoms with Gasteiger partial charge in [0.15, 0.2) is 0 Å². The summed E-state index contributed by atoms with van der Waals surface area (Å²) in [5.74, 6) is 2.66. The Morgan fingerprint density at radius 1 is 1.11 bits per heavy atom. The smallest absolute Gasteiger partial charge is 0.339 e. The number of benzene rings is 2. The average Bonchev–Trinajstić information content (AvgIpc) is 2.64. The van der Waals surface area contributed by atoms with Crippen molar-refractivity contribution in [1.82, 2.24) is 0 Å². The Kier molecular flexibility index (Phi) is 6.48. The molecule has 0 saturated carbocycles. The van der Waals surface area contributed by atoms with E-state index in [0.717, 1.165) is 5.69 Å². The van der Waals surface area contributed by atoms with Gasteiger partial charge >= 0.3 is 5.97 Å². The van der Waals surface area contributed by atoms with Crippen LogP contribution in [0.25, 0.3) is 0 Å². The van der Waals surface area contributed by atoms with Crippen molar-refractivity contribution in [3.63, 3.8) is 0 Å². The minimum Gasteiger partial charge on any atom is -0.489 e. The van der Waals surface area contributed by atoms with Crippen LogP contribution in [0.4, 0.5) is 5.69 Å². The molecule has 146 valence electrons. The molecule has 0 aliphatic rings. The summed E-state index contributed by atoms with van der Waals surface area (Å²) in [6, 6.07) is 12.3. The van der Waals surface area contributed by atoms with Crippen molar-refractivity contribution in [3.05, 3.63) is 59.2 Å². The van der Waals surface area contributed by atoms with Gasteiger partial charge in [0.05, 0.1) is 5.56 Å². The SMILES string of the molecule is C#Cc1ccc(COc2ccc(N(C)C(C)=O)cc2)c(C(=O)OC(C)(C)C)c1. The number of nitrogens with zero attached hydrogens (tertiary/aromatic N) is 1. The number of carbonyl (C=O) groups excluding carboxylic acids is 2. The second kappa shape index (κ2) is 8.62. The second-order valence-corrected chi connectivity index (χ2v) is 7.38. The molecule has 0 spiro atoms. The maximum Gasteiger partial charge on any atom is 0.339 e. The number of hydrogen-bond donors (Lipinski definition) is 0. The van der Waals surface area contributed by atoms with E-state index >= 15 is 0 Å². The quantitative estimate of drug-likeness (QED) is 0.578. The molecule has 2 aromatic rings. The molecule has 0 N–H and O–H groups in total. The van der Waals surface area contributed by atoms with E-state index in [1.807, 2.05) is 20.8 Å². The Balaban J connectivity index is 2.18. The molecule has 5 nitrogen and oxygen atoms in total. The van der Waals surface area contributed by atoms with Crippen LogP contribution in [-0.2, 0) is 16.1 Å². The Labute approximate surface area is 166 Å². The number of carbonyl (C=O) groups is 2. The monoisotopic (exact) mass is 379 g/mol. The third-order valence-electron chi connectivity index (χ3n) is 3.99. The topological polar surface area (TPSA) is 55.8 Å². The van der Waals surface area contributed by atoms with Gasteiger partial charge < -0.3 is 14.4 Å². The normalized spacial score (nSPS) is 10.7. The molecular formula is C23H25NO4. The molecule has 5 heteroatoms. The predicted octanol–water partition coefficient (Wildman–Crippen LogP) is 4.18. The first kappa shape index (κ1) is 21.0. The first-order chi connectivity index (χ1) is 13.1. The Bertz CT molecular complexity index is 902. The standard InChI is InChI=1S/C23H25NO4/c1-7-17-8-9-18(21(14-17)22(26)28-23(3,4)5)15-27-20-12-10-19(11-13-20)24(6)16(2)25/h1,8-14H,15H2,2-6H3. The zero-order valence-corrected chi connectivity index (χ0v) is 16.9. The van der Waals surface area contributed by atoms with Crippen molar-refractivity contribution in [3.8, 4) is 18.1 Å². The summed E-state index contributed by atoms with van der Waals surface area (Å²) in [5, 5.41) is 0. The van der Waals surface area contributed by atoms with Crippen LogP contribution < -0.4 is 9.64 Å². The summed E-state index contributed by atoms with van der Waals surface area (Å²) in [5.41, 5.74) is 1.82. The van der Waals surface area contributed by atoms with Crippen molar-refractivity contribution in [2.45, 2.75) is 39.9 Å². The fourth-order valence-electron chi connectivity index (χ4n) is 2.42. The van der Waals surface area contributed by atoms with E-state index in [2.05, 4.69) is 5.92 Å². The molecule has 0 aromatic heterocycles. The van der Waals surface area contributed by atoms with Crippen molar-refractivity contribution in [1.29, 1.82) is 0 Å². The Morgan fingerprint density at radius 3 is 2.29 bits per heavy atom. The van der Waals surface area contributed by atoms with Gasteiger partial charge in [-0.05, 0) is 57.2 Å². The number of hydrogen-bond acceptors (Lipinski definition) is 4. The molecular weight excluding hydrogens is 354 g/mol. The van der Waals surface area contributed by atoms with Crippen LogP contribution in [0.15, 0.2) is 42.5 Å². The van der Waals surface area contributed by atoms with Crippen molar-refractivity contribution in [2.24, 2.45) is 0 Å². The van der Waals surface area contributed by atoms with Crippen molar-refractivity contribution in [2.75, 3.05) is 11.9 Å². The number of ether oxygens (including phenoxy) is 2. The Hall–Kier alpha value is -3.26. The highest BCUT2D eigenvalue weighted by Gasteiger charge is 2.21. The lowest BCUT2D eigenvalue weighted by Gasteiger charge is -2.21. The van der Waals surface area contributed by atoms with Gasteiger partial charge in [-0.3, -0.25) is 4.79 Å². The molecule has 0 atom stereocenters. The summed E-state index contributed by atoms with van der Waals surface area (Å²) in [7, 11) is 1.71. The zero-order valence-electron chi connectivity index (χ0n) is 16.9. The minimum atomic E-state index is -0.611. The van der Waals surface area contributed by atoms with E-state index in [1.165, 1.54) is 6.92 Å². The van der Waals surface area contributed by atoms with Crippen molar-refractivity contribution >= 4 is 17.6 Å². The summed E-state index contributed by atoms with van der Waals surface area (Å²) >= 11 is 0. The lowest BCUT2D eigenvalue weighted by atomic mass is 10.0. The summed E-state index contributed by atoms with van der Waals surface area (Å²) in [4.78, 5) is 25.5. The fraction of sp³-hybridized carbons (Fsp3) is 0.304. The van der Waals surface area contributed by atoms with Gasteiger partial charge in [-0.2, -0.15) is 0 Å². The van der Waals surface area contributed by atoms with E-state index in [1.54, 1.807) is 54.4 Å². The van der Waals surface area contributed by atoms with Crippen LogP contribution in [0.1, 0.15) is 49.2 Å². The first-order valence-electron chi connectivity index (χ1n) is 8.91. The van der Waals surface area contributed by atoms with Gasteiger partial charge in [0, 0.05) is 30.8 Å². The first-order valence-corrected chi connectivity index (χ1v) is 8.91. The van der Waals surface area contributed by atoms with Crippen LogP contribution >= 0.6 is 0 Å². The zero-order chi connectivity index (χ0) is 20.9. The van der Waals surface area contributed by atoms with E-state index in [-0.39, 0.29) is 12.5 Å². The number of rotatable bonds is 5. The van der Waals surface area contributed by atoms with Crippen LogP contribution in [0.2, 0.25) is 0 Å². The number of amides is 1. The third kappa shape index (κ3) is 5.62. The summed E-state index contributed by atoms with van der Waals surface area (Å²) < 4.78 is 11.3. The van der Waals surface area contributed by atoms with Gasteiger partial charge in [0.25, 0.3) is 0 Å². The second-order valence-electron chi connectivity index (χ2n) is 7.38. The lowest BCUT2D eigenvalue weighted by Crippen LogP contribution is -2.25. The molecule has 28 heavy (non-hydrogen) atoms. The average molecular weight is 379 g/mol.